The van der Waals surface area contributed by atoms with Crippen molar-refractivity contribution < 1.29 is 4.84 Å². The van der Waals surface area contributed by atoms with Crippen LogP contribution in [0.4, 0.5) is 23.1 Å². The highest BCUT2D eigenvalue weighted by atomic mass is 16.7. The van der Waals surface area contributed by atoms with Crippen LogP contribution in [0.15, 0.2) is 66.9 Å². The minimum absolute atomic E-state index is 0.115. The van der Waals surface area contributed by atoms with Gasteiger partial charge in [-0.1, -0.05) is 37.3 Å². The summed E-state index contributed by atoms with van der Waals surface area (Å²) in [6.45, 7) is 8.37. The molecule has 4 heterocycles. The Labute approximate surface area is 205 Å². The maximum Gasteiger partial charge on any atom is 0.231 e. The lowest BCUT2D eigenvalue weighted by atomic mass is 10.0. The van der Waals surface area contributed by atoms with Gasteiger partial charge in [0.15, 0.2) is 5.82 Å². The number of aromatic nitrogens is 3. The molecule has 8 heteroatoms. The van der Waals surface area contributed by atoms with Crippen LogP contribution in [0.5, 0.6) is 0 Å². The number of piperazine rings is 1. The van der Waals surface area contributed by atoms with Crippen molar-refractivity contribution in [3.8, 4) is 0 Å². The van der Waals surface area contributed by atoms with Gasteiger partial charge in [0.2, 0.25) is 5.95 Å². The van der Waals surface area contributed by atoms with Gasteiger partial charge in [-0.25, -0.2) is 5.06 Å². The number of likely N-dealkylation sites (N-methyl/N-ethyl adjacent to an activating group) is 1. The Hall–Kier alpha value is -3.62. The van der Waals surface area contributed by atoms with E-state index in [0.717, 1.165) is 61.7 Å². The summed E-state index contributed by atoms with van der Waals surface area (Å²) in [5, 5.41) is 6.29. The second-order valence-electron chi connectivity index (χ2n) is 9.08. The third-order valence-electron chi connectivity index (χ3n) is 7.00. The molecule has 2 fully saturated rings. The lowest BCUT2D eigenvalue weighted by Gasteiger charge is -2.35. The molecule has 0 spiro atoms. The Morgan fingerprint density at radius 2 is 1.77 bits per heavy atom. The number of hydrogen-bond donors (Lipinski definition) is 2. The number of hydroxylamine groups is 1. The van der Waals surface area contributed by atoms with Crippen LogP contribution in [0.1, 0.15) is 24.9 Å². The van der Waals surface area contributed by atoms with Crippen LogP contribution in [0.3, 0.4) is 0 Å². The molecule has 0 bridgehead atoms. The zero-order chi connectivity index (χ0) is 23.6. The fraction of sp³-hybridized carbons (Fsp3) is 0.333. The average Bonchev–Trinajstić information content (AvgIpc) is 3.59. The topological polar surface area (TPSA) is 72.6 Å². The van der Waals surface area contributed by atoms with Crippen LogP contribution < -0.4 is 15.3 Å². The van der Waals surface area contributed by atoms with E-state index < -0.39 is 0 Å². The van der Waals surface area contributed by atoms with Crippen molar-refractivity contribution in [3.05, 3.63) is 72.4 Å². The summed E-state index contributed by atoms with van der Waals surface area (Å²) >= 11 is 0. The van der Waals surface area contributed by atoms with Crippen LogP contribution in [-0.2, 0) is 4.84 Å². The SMILES string of the molecule is CCN1CCN(c2ccc(Nc3nc(N4OCC[C@H]4c4ccccc4)c4cc[nH]c4n3)cc2)CC1. The highest BCUT2D eigenvalue weighted by Crippen LogP contribution is 2.37. The van der Waals surface area contributed by atoms with Gasteiger partial charge in [0.1, 0.15) is 5.65 Å². The van der Waals surface area contributed by atoms with E-state index in [-0.39, 0.29) is 6.04 Å². The van der Waals surface area contributed by atoms with Crippen molar-refractivity contribution in [1.29, 1.82) is 0 Å². The van der Waals surface area contributed by atoms with Gasteiger partial charge < -0.3 is 20.1 Å². The van der Waals surface area contributed by atoms with Gasteiger partial charge in [-0.05, 0) is 42.4 Å². The first kappa shape index (κ1) is 21.9. The summed E-state index contributed by atoms with van der Waals surface area (Å²) in [6.07, 6.45) is 2.81. The first-order valence-corrected chi connectivity index (χ1v) is 12.4. The van der Waals surface area contributed by atoms with Crippen LogP contribution in [0.25, 0.3) is 11.0 Å². The number of hydrogen-bond acceptors (Lipinski definition) is 7. The molecule has 2 aromatic carbocycles. The number of benzene rings is 2. The van der Waals surface area contributed by atoms with Gasteiger partial charge in [0.25, 0.3) is 0 Å². The van der Waals surface area contributed by atoms with Crippen molar-refractivity contribution >= 4 is 34.2 Å². The normalized spacial score (nSPS) is 18.9. The van der Waals surface area contributed by atoms with Gasteiger partial charge >= 0.3 is 0 Å². The summed E-state index contributed by atoms with van der Waals surface area (Å²) in [7, 11) is 0. The molecule has 2 aromatic heterocycles. The van der Waals surface area contributed by atoms with Crippen molar-refractivity contribution in [3.63, 3.8) is 0 Å². The highest BCUT2D eigenvalue weighted by molar-refractivity contribution is 5.88. The van der Waals surface area contributed by atoms with E-state index in [9.17, 15) is 0 Å². The number of fused-ring (bicyclic) bond motifs is 1. The third kappa shape index (κ3) is 4.42. The second-order valence-corrected chi connectivity index (χ2v) is 9.08. The summed E-state index contributed by atoms with van der Waals surface area (Å²) in [6, 6.07) is 21.1. The Bertz CT molecular complexity index is 1270. The molecule has 6 rings (SSSR count). The standard InChI is InChI=1S/C27H31N7O/c1-2-32-15-17-33(18-16-32)22-10-8-21(9-11-22)29-27-30-25-23(12-14-28-25)26(31-27)34-24(13-19-35-34)20-6-4-3-5-7-20/h3-12,14,24H,2,13,15-19H2,1H3,(H2,28,29,30,31)/t24-/m0/s1. The molecule has 0 aliphatic carbocycles. The first-order valence-electron chi connectivity index (χ1n) is 12.4. The molecular weight excluding hydrogens is 438 g/mol. The zero-order valence-electron chi connectivity index (χ0n) is 20.0. The zero-order valence-corrected chi connectivity index (χ0v) is 20.0. The van der Waals surface area contributed by atoms with E-state index in [2.05, 4.69) is 75.6 Å². The molecule has 0 unspecified atom stereocenters. The molecule has 0 amide bonds. The van der Waals surface area contributed by atoms with Gasteiger partial charge in [0, 0.05) is 50.2 Å². The highest BCUT2D eigenvalue weighted by Gasteiger charge is 2.31. The minimum Gasteiger partial charge on any atom is -0.369 e. The number of rotatable bonds is 6. The Morgan fingerprint density at radius 1 is 0.971 bits per heavy atom. The molecule has 2 saturated heterocycles. The number of H-pyrrole nitrogens is 1. The molecule has 2 aliphatic rings. The number of anilines is 4. The molecule has 35 heavy (non-hydrogen) atoms. The Morgan fingerprint density at radius 3 is 2.54 bits per heavy atom. The average molecular weight is 470 g/mol. The summed E-state index contributed by atoms with van der Waals surface area (Å²) in [5.41, 5.74) is 4.21. The molecule has 180 valence electrons. The van der Waals surface area contributed by atoms with E-state index in [4.69, 9.17) is 14.8 Å². The quantitative estimate of drug-likeness (QED) is 0.423. The van der Waals surface area contributed by atoms with Crippen LogP contribution in [0, 0.1) is 0 Å². The Kier molecular flexibility index (Phi) is 5.98. The van der Waals surface area contributed by atoms with Gasteiger partial charge in [-0.15, -0.1) is 0 Å². The molecule has 8 nitrogen and oxygen atoms in total. The molecule has 4 aromatic rings. The first-order chi connectivity index (χ1) is 17.3. The fourth-order valence-corrected chi connectivity index (χ4v) is 5.01. The summed E-state index contributed by atoms with van der Waals surface area (Å²) in [4.78, 5) is 23.9. The van der Waals surface area contributed by atoms with E-state index in [1.165, 1.54) is 11.3 Å². The predicted octanol–water partition coefficient (Wildman–Crippen LogP) is 4.73. The predicted molar refractivity (Wildman–Crippen MR) is 140 cm³/mol. The smallest absolute Gasteiger partial charge is 0.231 e. The van der Waals surface area contributed by atoms with Crippen molar-refractivity contribution in [1.82, 2.24) is 19.9 Å². The van der Waals surface area contributed by atoms with E-state index in [0.29, 0.717) is 12.6 Å². The third-order valence-corrected chi connectivity index (χ3v) is 7.00. The van der Waals surface area contributed by atoms with Gasteiger partial charge in [-0.3, -0.25) is 4.84 Å². The Balaban J connectivity index is 1.24. The van der Waals surface area contributed by atoms with Gasteiger partial charge in [-0.2, -0.15) is 9.97 Å². The van der Waals surface area contributed by atoms with Gasteiger partial charge in [0.05, 0.1) is 18.0 Å². The van der Waals surface area contributed by atoms with Crippen molar-refractivity contribution in [2.24, 2.45) is 0 Å². The largest absolute Gasteiger partial charge is 0.369 e. The van der Waals surface area contributed by atoms with E-state index in [1.807, 2.05) is 23.4 Å². The molecule has 2 N–H and O–H groups in total. The lowest BCUT2D eigenvalue weighted by Crippen LogP contribution is -2.46. The van der Waals surface area contributed by atoms with E-state index in [1.54, 1.807) is 0 Å². The minimum atomic E-state index is 0.115. The van der Waals surface area contributed by atoms with Crippen LogP contribution >= 0.6 is 0 Å². The van der Waals surface area contributed by atoms with Crippen LogP contribution in [-0.4, -0.2) is 59.2 Å². The number of aromatic amines is 1. The van der Waals surface area contributed by atoms with Crippen LogP contribution in [0.2, 0.25) is 0 Å². The molecule has 1 atom stereocenters. The van der Waals surface area contributed by atoms with Crippen molar-refractivity contribution in [2.75, 3.05) is 54.6 Å². The number of nitrogens with one attached hydrogen (secondary N) is 2. The fourth-order valence-electron chi connectivity index (χ4n) is 5.01. The second kappa shape index (κ2) is 9.56. The maximum absolute atomic E-state index is 6.08. The van der Waals surface area contributed by atoms with Crippen molar-refractivity contribution in [2.45, 2.75) is 19.4 Å². The number of nitrogens with zero attached hydrogens (tertiary/aromatic N) is 5. The molecular formula is C27H31N7O. The monoisotopic (exact) mass is 469 g/mol. The molecule has 0 saturated carbocycles. The van der Waals surface area contributed by atoms with E-state index >= 15 is 0 Å². The lowest BCUT2D eigenvalue weighted by molar-refractivity contribution is 0.157. The molecule has 2 aliphatic heterocycles. The summed E-state index contributed by atoms with van der Waals surface area (Å²) < 4.78 is 0. The molecule has 0 radical (unpaired) electrons. The maximum atomic E-state index is 6.08. The summed E-state index contributed by atoms with van der Waals surface area (Å²) in [5.74, 6) is 1.32.